The predicted molar refractivity (Wildman–Crippen MR) is 76.6 cm³/mol. The van der Waals surface area contributed by atoms with E-state index in [1.54, 1.807) is 6.20 Å². The Bertz CT molecular complexity index is 628. The molecule has 4 N–H and O–H groups in total. The lowest BCUT2D eigenvalue weighted by Gasteiger charge is -2.10. The number of nitrogens with two attached hydrogens (primary N) is 1. The number of rotatable bonds is 5. The molecule has 0 fully saturated rings. The van der Waals surface area contributed by atoms with Crippen molar-refractivity contribution in [2.75, 3.05) is 11.1 Å². The number of pyridine rings is 2. The lowest BCUT2D eigenvalue weighted by molar-refractivity contribution is 0.0696. The third kappa shape index (κ3) is 3.03. The Kier molecular flexibility index (Phi) is 4.14. The van der Waals surface area contributed by atoms with Crippen LogP contribution < -0.4 is 11.1 Å². The summed E-state index contributed by atoms with van der Waals surface area (Å²) in [5.74, 6) is -0.587. The molecule has 0 radical (unpaired) electrons. The molecule has 2 aromatic rings. The molecule has 104 valence electrons. The van der Waals surface area contributed by atoms with Crippen LogP contribution in [0, 0.1) is 0 Å². The molecule has 0 saturated carbocycles. The van der Waals surface area contributed by atoms with Crippen LogP contribution in [0.5, 0.6) is 0 Å². The number of anilines is 2. The molecule has 2 rings (SSSR count). The van der Waals surface area contributed by atoms with Crippen LogP contribution in [0.1, 0.15) is 28.5 Å². The molecule has 0 amide bonds. The van der Waals surface area contributed by atoms with Gasteiger partial charge in [0, 0.05) is 12.4 Å². The number of carbonyl (C=O) groups is 1. The largest absolute Gasteiger partial charge is 0.478 e. The smallest absolute Gasteiger partial charge is 0.337 e. The number of nitrogens with zero attached hydrogens (tertiary/aromatic N) is 2. The Morgan fingerprint density at radius 3 is 2.90 bits per heavy atom. The molecule has 6 nitrogen and oxygen atoms in total. The number of nitrogen functional groups attached to an aromatic ring is 1. The molecular formula is C14H16N4O2. The number of aromatic carboxylic acids is 1. The number of hydrogen-bond donors (Lipinski definition) is 3. The molecule has 0 saturated heterocycles. The summed E-state index contributed by atoms with van der Waals surface area (Å²) in [4.78, 5) is 19.1. The second-order valence-electron chi connectivity index (χ2n) is 4.28. The third-order valence-electron chi connectivity index (χ3n) is 2.95. The number of aromatic nitrogens is 2. The van der Waals surface area contributed by atoms with Crippen LogP contribution >= 0.6 is 0 Å². The molecule has 0 aromatic carbocycles. The summed E-state index contributed by atoms with van der Waals surface area (Å²) in [6, 6.07) is 5.31. The average molecular weight is 272 g/mol. The highest BCUT2D eigenvalue weighted by atomic mass is 16.4. The van der Waals surface area contributed by atoms with E-state index < -0.39 is 5.97 Å². The van der Waals surface area contributed by atoms with Crippen molar-refractivity contribution >= 4 is 17.5 Å². The highest BCUT2D eigenvalue weighted by Crippen LogP contribution is 2.17. The average Bonchev–Trinajstić information content (AvgIpc) is 2.46. The minimum Gasteiger partial charge on any atom is -0.478 e. The molecule has 20 heavy (non-hydrogen) atoms. The molecule has 0 spiro atoms. The van der Waals surface area contributed by atoms with E-state index in [4.69, 9.17) is 10.8 Å². The van der Waals surface area contributed by atoms with Crippen LogP contribution in [0.3, 0.4) is 0 Å². The maximum absolute atomic E-state index is 10.8. The molecular weight excluding hydrogens is 256 g/mol. The van der Waals surface area contributed by atoms with E-state index >= 15 is 0 Å². The van der Waals surface area contributed by atoms with Crippen molar-refractivity contribution in [3.8, 4) is 0 Å². The van der Waals surface area contributed by atoms with E-state index in [2.05, 4.69) is 22.2 Å². The van der Waals surface area contributed by atoms with Gasteiger partial charge in [-0.25, -0.2) is 9.78 Å². The molecule has 2 heterocycles. The monoisotopic (exact) mass is 272 g/mol. The zero-order valence-electron chi connectivity index (χ0n) is 11.1. The fourth-order valence-corrected chi connectivity index (χ4v) is 1.87. The molecule has 2 aromatic heterocycles. The van der Waals surface area contributed by atoms with Crippen molar-refractivity contribution < 1.29 is 9.90 Å². The van der Waals surface area contributed by atoms with E-state index in [0.29, 0.717) is 18.1 Å². The van der Waals surface area contributed by atoms with Crippen LogP contribution in [0.4, 0.5) is 11.5 Å². The fraction of sp³-hybridized carbons (Fsp3) is 0.214. The van der Waals surface area contributed by atoms with Crippen molar-refractivity contribution in [2.24, 2.45) is 0 Å². The van der Waals surface area contributed by atoms with Crippen molar-refractivity contribution in [1.82, 2.24) is 9.97 Å². The predicted octanol–water partition coefficient (Wildman–Crippen LogP) is 1.93. The molecule has 0 aliphatic rings. The second-order valence-corrected chi connectivity index (χ2v) is 4.28. The van der Waals surface area contributed by atoms with Gasteiger partial charge in [0.15, 0.2) is 0 Å². The van der Waals surface area contributed by atoms with Gasteiger partial charge in [0.2, 0.25) is 0 Å². The minimum atomic E-state index is -1.05. The third-order valence-corrected chi connectivity index (χ3v) is 2.95. The summed E-state index contributed by atoms with van der Waals surface area (Å²) in [5, 5.41) is 11.9. The normalized spacial score (nSPS) is 10.2. The Labute approximate surface area is 116 Å². The SMILES string of the molecule is CCc1cccnc1CNc1ncc(C(=O)O)cc1N. The first-order chi connectivity index (χ1) is 9.61. The molecule has 6 heteroatoms. The summed E-state index contributed by atoms with van der Waals surface area (Å²) < 4.78 is 0. The summed E-state index contributed by atoms with van der Waals surface area (Å²) in [6.45, 7) is 2.56. The van der Waals surface area contributed by atoms with E-state index in [9.17, 15) is 4.79 Å². The first kappa shape index (κ1) is 13.8. The number of aryl methyl sites for hydroxylation is 1. The van der Waals surface area contributed by atoms with Gasteiger partial charge < -0.3 is 16.2 Å². The van der Waals surface area contributed by atoms with Crippen molar-refractivity contribution in [1.29, 1.82) is 0 Å². The van der Waals surface area contributed by atoms with Gasteiger partial charge in [0.05, 0.1) is 23.5 Å². The van der Waals surface area contributed by atoms with Gasteiger partial charge in [-0.15, -0.1) is 0 Å². The number of carboxylic acids is 1. The Morgan fingerprint density at radius 2 is 2.25 bits per heavy atom. The summed E-state index contributed by atoms with van der Waals surface area (Å²) >= 11 is 0. The van der Waals surface area contributed by atoms with Gasteiger partial charge in [-0.3, -0.25) is 4.98 Å². The summed E-state index contributed by atoms with van der Waals surface area (Å²) in [6.07, 6.45) is 3.91. The van der Waals surface area contributed by atoms with Gasteiger partial charge in [-0.05, 0) is 24.1 Å². The van der Waals surface area contributed by atoms with Gasteiger partial charge in [0.1, 0.15) is 5.82 Å². The minimum absolute atomic E-state index is 0.0696. The molecule has 0 aliphatic carbocycles. The molecule has 0 aliphatic heterocycles. The number of carboxylic acid groups (broad SMARTS) is 1. The lowest BCUT2D eigenvalue weighted by atomic mass is 10.1. The van der Waals surface area contributed by atoms with Crippen LogP contribution in [0.2, 0.25) is 0 Å². The standard InChI is InChI=1S/C14H16N4O2/c1-2-9-4-3-5-16-12(9)8-18-13-11(15)6-10(7-17-13)14(19)20/h3-7H,2,8,15H2,1H3,(H,17,18)(H,19,20). The first-order valence-electron chi connectivity index (χ1n) is 6.27. The van der Waals surface area contributed by atoms with Crippen molar-refractivity contribution in [3.05, 3.63) is 47.4 Å². The highest BCUT2D eigenvalue weighted by Gasteiger charge is 2.08. The fourth-order valence-electron chi connectivity index (χ4n) is 1.87. The Balaban J connectivity index is 2.13. The highest BCUT2D eigenvalue weighted by molar-refractivity contribution is 5.89. The van der Waals surface area contributed by atoms with E-state index in [-0.39, 0.29) is 5.56 Å². The van der Waals surface area contributed by atoms with Gasteiger partial charge in [-0.2, -0.15) is 0 Å². The second kappa shape index (κ2) is 6.01. The maximum atomic E-state index is 10.8. The van der Waals surface area contributed by atoms with Crippen LogP contribution in [0.25, 0.3) is 0 Å². The zero-order valence-corrected chi connectivity index (χ0v) is 11.1. The van der Waals surface area contributed by atoms with E-state index in [1.807, 2.05) is 12.1 Å². The zero-order chi connectivity index (χ0) is 14.5. The van der Waals surface area contributed by atoms with Crippen molar-refractivity contribution in [3.63, 3.8) is 0 Å². The molecule has 0 unspecified atom stereocenters. The van der Waals surface area contributed by atoms with Crippen LogP contribution in [-0.4, -0.2) is 21.0 Å². The van der Waals surface area contributed by atoms with Gasteiger partial charge in [-0.1, -0.05) is 13.0 Å². The van der Waals surface area contributed by atoms with Crippen molar-refractivity contribution in [2.45, 2.75) is 19.9 Å². The topological polar surface area (TPSA) is 101 Å². The van der Waals surface area contributed by atoms with Gasteiger partial charge in [0.25, 0.3) is 0 Å². The van der Waals surface area contributed by atoms with E-state index in [0.717, 1.165) is 17.7 Å². The quantitative estimate of drug-likeness (QED) is 0.768. The lowest BCUT2D eigenvalue weighted by Crippen LogP contribution is -2.09. The van der Waals surface area contributed by atoms with E-state index in [1.165, 1.54) is 12.3 Å². The number of nitrogens with one attached hydrogen (secondary N) is 1. The number of hydrogen-bond acceptors (Lipinski definition) is 5. The first-order valence-corrected chi connectivity index (χ1v) is 6.27. The van der Waals surface area contributed by atoms with Crippen LogP contribution in [-0.2, 0) is 13.0 Å². The summed E-state index contributed by atoms with van der Waals surface area (Å²) in [5.41, 5.74) is 8.24. The maximum Gasteiger partial charge on any atom is 0.337 e. The molecule has 0 bridgehead atoms. The Morgan fingerprint density at radius 1 is 1.45 bits per heavy atom. The summed E-state index contributed by atoms with van der Waals surface area (Å²) in [7, 11) is 0. The van der Waals surface area contributed by atoms with Crippen LogP contribution in [0.15, 0.2) is 30.6 Å². The van der Waals surface area contributed by atoms with Gasteiger partial charge >= 0.3 is 5.97 Å². The molecule has 0 atom stereocenters. The Hall–Kier alpha value is -2.63.